The van der Waals surface area contributed by atoms with Gasteiger partial charge < -0.3 is 0 Å². The molecule has 0 amide bonds. The third-order valence-electron chi connectivity index (χ3n) is 1.24. The zero-order valence-electron chi connectivity index (χ0n) is 7.14. The van der Waals surface area contributed by atoms with Gasteiger partial charge in [0.1, 0.15) is 0 Å². The van der Waals surface area contributed by atoms with Crippen molar-refractivity contribution in [2.24, 2.45) is 0 Å². The minimum atomic E-state index is -4.58. The van der Waals surface area contributed by atoms with Crippen molar-refractivity contribution in [3.8, 4) is 5.75 Å². The zero-order valence-corrected chi connectivity index (χ0v) is 9.54. The first-order chi connectivity index (χ1) is 6.41. The van der Waals surface area contributed by atoms with Gasteiger partial charge in [-0.2, -0.15) is 0 Å². The van der Waals surface area contributed by atoms with E-state index in [0.29, 0.717) is 5.75 Å². The van der Waals surface area contributed by atoms with E-state index in [4.69, 9.17) is 27.0 Å². The van der Waals surface area contributed by atoms with E-state index in [2.05, 4.69) is 11.1 Å². The Morgan fingerprint density at radius 2 is 1.86 bits per heavy atom. The monoisotopic (exact) mass is 254 g/mol. The molecule has 1 rings (SSSR count). The van der Waals surface area contributed by atoms with Crippen LogP contribution in [0.25, 0.3) is 0 Å². The van der Waals surface area contributed by atoms with Gasteiger partial charge in [0.2, 0.25) is 0 Å². The van der Waals surface area contributed by atoms with Crippen molar-refractivity contribution in [3.05, 3.63) is 43.2 Å². The Balaban J connectivity index is 2.82. The van der Waals surface area contributed by atoms with Crippen LogP contribution in [0.15, 0.2) is 43.2 Å². The van der Waals surface area contributed by atoms with Crippen molar-refractivity contribution in [2.45, 2.75) is 0 Å². The topological polar surface area (TPSA) is 38.7 Å². The summed E-state index contributed by atoms with van der Waals surface area (Å²) in [6.07, 6.45) is 0.931. The molecule has 14 heavy (non-hydrogen) atoms. The SMILES string of the molecule is C=COP(O)(Cl)(Cl)Oc1ccccc1. The molecule has 1 aromatic rings. The van der Waals surface area contributed by atoms with E-state index in [1.165, 1.54) is 0 Å². The van der Waals surface area contributed by atoms with Gasteiger partial charge in [-0.05, 0) is 0 Å². The summed E-state index contributed by atoms with van der Waals surface area (Å²) in [5, 5.41) is 0. The van der Waals surface area contributed by atoms with Gasteiger partial charge in [0, 0.05) is 0 Å². The molecule has 0 bridgehead atoms. The fraction of sp³-hybridized carbons (Fsp3) is 0. The number of para-hydroxylation sites is 1. The van der Waals surface area contributed by atoms with Crippen molar-refractivity contribution in [1.82, 2.24) is 0 Å². The van der Waals surface area contributed by atoms with Gasteiger partial charge in [-0.25, -0.2) is 0 Å². The Hall–Kier alpha value is -0.470. The molecule has 0 heterocycles. The van der Waals surface area contributed by atoms with Gasteiger partial charge in [-0.15, -0.1) is 0 Å². The maximum atomic E-state index is 9.58. The van der Waals surface area contributed by atoms with E-state index >= 15 is 0 Å². The van der Waals surface area contributed by atoms with Gasteiger partial charge >= 0.3 is 91.3 Å². The van der Waals surface area contributed by atoms with Crippen molar-refractivity contribution in [2.75, 3.05) is 0 Å². The first-order valence-corrected chi connectivity index (χ1v) is 7.50. The fourth-order valence-corrected chi connectivity index (χ4v) is 2.35. The van der Waals surface area contributed by atoms with Crippen molar-refractivity contribution in [1.29, 1.82) is 0 Å². The number of hydrogen-bond acceptors (Lipinski definition) is 3. The summed E-state index contributed by atoms with van der Waals surface area (Å²) in [7, 11) is 0. The van der Waals surface area contributed by atoms with Gasteiger partial charge in [0.25, 0.3) is 0 Å². The van der Waals surface area contributed by atoms with Gasteiger partial charge in [-0.1, -0.05) is 0 Å². The average molecular weight is 255 g/mol. The predicted octanol–water partition coefficient (Wildman–Crippen LogP) is 3.82. The van der Waals surface area contributed by atoms with Crippen molar-refractivity contribution < 1.29 is 13.9 Å². The molecule has 0 unspecified atom stereocenters. The summed E-state index contributed by atoms with van der Waals surface area (Å²) in [5.41, 5.74) is 0. The molecule has 0 saturated heterocycles. The number of halogens is 2. The average Bonchev–Trinajstić information content (AvgIpc) is 2.03. The molecule has 0 atom stereocenters. The molecule has 6 heteroatoms. The van der Waals surface area contributed by atoms with Crippen LogP contribution in [0.4, 0.5) is 0 Å². The van der Waals surface area contributed by atoms with Crippen molar-refractivity contribution >= 4 is 28.5 Å². The predicted molar refractivity (Wildman–Crippen MR) is 59.2 cm³/mol. The number of rotatable bonds is 4. The molecule has 0 aliphatic carbocycles. The second-order valence-corrected chi connectivity index (χ2v) is 8.35. The van der Waals surface area contributed by atoms with Crippen LogP contribution in [0.3, 0.4) is 0 Å². The molecule has 78 valence electrons. The van der Waals surface area contributed by atoms with E-state index in [1.54, 1.807) is 30.3 Å². The Kier molecular flexibility index (Phi) is 3.28. The van der Waals surface area contributed by atoms with Crippen LogP contribution in [-0.4, -0.2) is 4.89 Å². The molecule has 0 radical (unpaired) electrons. The van der Waals surface area contributed by atoms with E-state index in [-0.39, 0.29) is 0 Å². The Morgan fingerprint density at radius 1 is 1.29 bits per heavy atom. The maximum absolute atomic E-state index is 9.58. The second-order valence-electron chi connectivity index (χ2n) is 2.41. The second kappa shape index (κ2) is 3.95. The number of hydrogen-bond donors (Lipinski definition) is 1. The Bertz CT molecular complexity index is 320. The van der Waals surface area contributed by atoms with Crippen LogP contribution >= 0.6 is 28.5 Å². The van der Waals surface area contributed by atoms with Gasteiger partial charge in [-0.3, -0.25) is 0 Å². The van der Waals surface area contributed by atoms with E-state index in [1.807, 2.05) is 0 Å². The summed E-state index contributed by atoms with van der Waals surface area (Å²) in [4.78, 5) is 9.58. The summed E-state index contributed by atoms with van der Waals surface area (Å²) >= 11 is 11.1. The number of benzene rings is 1. The van der Waals surface area contributed by atoms with Crippen LogP contribution in [0.5, 0.6) is 5.75 Å². The normalized spacial score (nSPS) is 13.8. The Labute approximate surface area is 91.6 Å². The van der Waals surface area contributed by atoms with Crippen LogP contribution in [-0.2, 0) is 4.52 Å². The first-order valence-electron chi connectivity index (χ1n) is 3.66. The molecule has 0 aliphatic rings. The van der Waals surface area contributed by atoms with Crippen LogP contribution in [0.1, 0.15) is 0 Å². The molecule has 1 N–H and O–H groups in total. The summed E-state index contributed by atoms with van der Waals surface area (Å²) < 4.78 is 9.53. The summed E-state index contributed by atoms with van der Waals surface area (Å²) in [6, 6.07) is 8.40. The van der Waals surface area contributed by atoms with Gasteiger partial charge in [0.15, 0.2) is 0 Å². The summed E-state index contributed by atoms with van der Waals surface area (Å²) in [5.74, 6) is -4.26. The van der Waals surface area contributed by atoms with E-state index < -0.39 is 5.99 Å². The molecule has 0 aromatic heterocycles. The molecular formula is C8H9Cl2O3P. The quantitative estimate of drug-likeness (QED) is 0.656. The van der Waals surface area contributed by atoms with Crippen LogP contribution in [0, 0.1) is 0 Å². The molecular weight excluding hydrogens is 246 g/mol. The third-order valence-corrected chi connectivity index (χ3v) is 3.13. The molecule has 0 fully saturated rings. The molecule has 1 aromatic carbocycles. The van der Waals surface area contributed by atoms with Crippen molar-refractivity contribution in [3.63, 3.8) is 0 Å². The third kappa shape index (κ3) is 3.72. The standard InChI is InChI=1S/C8H9Cl2O3P/c1-2-12-14(9,10,11)13-8-6-4-3-5-7-8/h2-7,11H,1H2. The zero-order chi connectivity index (χ0) is 10.7. The summed E-state index contributed by atoms with van der Waals surface area (Å²) in [6.45, 7) is 3.23. The van der Waals surface area contributed by atoms with E-state index in [9.17, 15) is 4.89 Å². The first kappa shape index (κ1) is 11.6. The van der Waals surface area contributed by atoms with E-state index in [0.717, 1.165) is 6.26 Å². The molecule has 0 aliphatic heterocycles. The fourth-order valence-electron chi connectivity index (χ4n) is 0.793. The minimum absolute atomic E-state index is 0.319. The van der Waals surface area contributed by atoms with Crippen LogP contribution in [0.2, 0.25) is 0 Å². The Morgan fingerprint density at radius 3 is 2.36 bits per heavy atom. The molecule has 3 nitrogen and oxygen atoms in total. The van der Waals surface area contributed by atoms with Gasteiger partial charge in [0.05, 0.1) is 0 Å². The van der Waals surface area contributed by atoms with Crippen LogP contribution < -0.4 is 4.52 Å². The molecule has 0 spiro atoms. The molecule has 0 saturated carbocycles.